The van der Waals surface area contributed by atoms with Crippen LogP contribution in [0.15, 0.2) is 83.3 Å². The highest BCUT2D eigenvalue weighted by atomic mass is 16.6. The van der Waals surface area contributed by atoms with E-state index in [9.17, 15) is 9.59 Å². The van der Waals surface area contributed by atoms with Gasteiger partial charge >= 0.3 is 11.9 Å². The molecule has 6 heteroatoms. The lowest BCUT2D eigenvalue weighted by molar-refractivity contribution is -0.151. The van der Waals surface area contributed by atoms with E-state index in [1.807, 2.05) is 48.5 Å². The van der Waals surface area contributed by atoms with Crippen LogP contribution in [-0.2, 0) is 14.3 Å². The van der Waals surface area contributed by atoms with Crippen LogP contribution < -0.4 is 4.74 Å². The van der Waals surface area contributed by atoms with Crippen LogP contribution in [0.4, 0.5) is 0 Å². The number of furan rings is 1. The Balaban J connectivity index is 1.78. The van der Waals surface area contributed by atoms with E-state index in [1.54, 1.807) is 44.2 Å². The third-order valence-electron chi connectivity index (χ3n) is 5.03. The zero-order chi connectivity index (χ0) is 23.2. The third kappa shape index (κ3) is 4.75. The third-order valence-corrected chi connectivity index (χ3v) is 5.03. The Bertz CT molecular complexity index is 1240. The first-order valence-electron chi connectivity index (χ1n) is 10.8. The molecule has 1 aromatic heterocycles. The summed E-state index contributed by atoms with van der Waals surface area (Å²) in [6, 6.07) is 23.6. The highest BCUT2D eigenvalue weighted by molar-refractivity contribution is 6.09. The van der Waals surface area contributed by atoms with Crippen molar-refractivity contribution in [3.8, 4) is 17.1 Å². The summed E-state index contributed by atoms with van der Waals surface area (Å²) in [4.78, 5) is 25.5. The molecular formula is C27H24O6. The average molecular weight is 444 g/mol. The van der Waals surface area contributed by atoms with Crippen molar-refractivity contribution in [2.45, 2.75) is 20.0 Å². The number of fused-ring (bicyclic) bond motifs is 1. The number of benzene rings is 3. The van der Waals surface area contributed by atoms with Gasteiger partial charge in [-0.15, -0.1) is 0 Å². The lowest BCUT2D eigenvalue weighted by atomic mass is 10.1. The van der Waals surface area contributed by atoms with Gasteiger partial charge in [-0.1, -0.05) is 60.7 Å². The van der Waals surface area contributed by atoms with Gasteiger partial charge in [0.1, 0.15) is 22.7 Å². The molecular weight excluding hydrogens is 420 g/mol. The Hall–Kier alpha value is -4.06. The van der Waals surface area contributed by atoms with Crippen molar-refractivity contribution in [3.05, 3.63) is 90.0 Å². The van der Waals surface area contributed by atoms with Crippen molar-refractivity contribution >= 4 is 22.9 Å². The molecule has 3 aromatic carbocycles. The zero-order valence-electron chi connectivity index (χ0n) is 18.4. The molecule has 4 rings (SSSR count). The Kier molecular flexibility index (Phi) is 6.74. The van der Waals surface area contributed by atoms with E-state index in [0.29, 0.717) is 33.6 Å². The van der Waals surface area contributed by atoms with Crippen molar-refractivity contribution in [3.63, 3.8) is 0 Å². The second-order valence-corrected chi connectivity index (χ2v) is 7.21. The van der Waals surface area contributed by atoms with Crippen molar-refractivity contribution in [2.75, 3.05) is 13.2 Å². The normalized spacial score (nSPS) is 11.7. The summed E-state index contributed by atoms with van der Waals surface area (Å²) in [5.74, 6) is -0.162. The SMILES string of the molecule is CCOC(=O)c1c(-c2ccccc2)oc2ccc(O[C@H](C(=O)OCC)c3ccccc3)cc12. The summed E-state index contributed by atoms with van der Waals surface area (Å²) in [6.45, 7) is 3.96. The molecule has 0 amide bonds. The van der Waals surface area contributed by atoms with E-state index in [-0.39, 0.29) is 13.2 Å². The highest BCUT2D eigenvalue weighted by Gasteiger charge is 2.27. The topological polar surface area (TPSA) is 75.0 Å². The van der Waals surface area contributed by atoms with Crippen LogP contribution in [0.3, 0.4) is 0 Å². The van der Waals surface area contributed by atoms with E-state index >= 15 is 0 Å². The smallest absolute Gasteiger partial charge is 0.352 e. The van der Waals surface area contributed by atoms with Crippen LogP contribution in [0.5, 0.6) is 5.75 Å². The molecule has 0 spiro atoms. The molecule has 4 aromatic rings. The van der Waals surface area contributed by atoms with E-state index in [4.69, 9.17) is 18.6 Å². The molecule has 0 unspecified atom stereocenters. The maximum Gasteiger partial charge on any atom is 0.352 e. The standard InChI is InChI=1S/C27H24O6/c1-3-30-26(28)23-21-17-20(15-16-22(21)33-24(23)18-11-7-5-8-12-18)32-25(27(29)31-4-2)19-13-9-6-10-14-19/h5-17,25H,3-4H2,1-2H3/t25-/m0/s1. The Morgan fingerprint density at radius 1 is 0.848 bits per heavy atom. The molecule has 0 radical (unpaired) electrons. The molecule has 1 atom stereocenters. The molecule has 0 aliphatic heterocycles. The van der Waals surface area contributed by atoms with Crippen LogP contribution in [0.2, 0.25) is 0 Å². The molecule has 0 aliphatic carbocycles. The maximum absolute atomic E-state index is 12.9. The van der Waals surface area contributed by atoms with Gasteiger partial charge in [0.15, 0.2) is 0 Å². The molecule has 6 nitrogen and oxygen atoms in total. The zero-order valence-corrected chi connectivity index (χ0v) is 18.4. The minimum absolute atomic E-state index is 0.231. The molecule has 1 heterocycles. The highest BCUT2D eigenvalue weighted by Crippen LogP contribution is 2.37. The van der Waals surface area contributed by atoms with Gasteiger partial charge in [-0.25, -0.2) is 9.59 Å². The molecule has 33 heavy (non-hydrogen) atoms. The monoisotopic (exact) mass is 444 g/mol. The molecule has 0 aliphatic rings. The average Bonchev–Trinajstić information content (AvgIpc) is 3.23. The van der Waals surface area contributed by atoms with E-state index < -0.39 is 18.0 Å². The fourth-order valence-electron chi connectivity index (χ4n) is 3.58. The van der Waals surface area contributed by atoms with E-state index in [0.717, 1.165) is 5.56 Å². The minimum atomic E-state index is -0.949. The summed E-state index contributed by atoms with van der Waals surface area (Å²) < 4.78 is 22.6. The quantitative estimate of drug-likeness (QED) is 0.312. The van der Waals surface area contributed by atoms with Gasteiger partial charge in [-0.3, -0.25) is 0 Å². The second-order valence-electron chi connectivity index (χ2n) is 7.21. The number of ether oxygens (including phenoxy) is 3. The van der Waals surface area contributed by atoms with Crippen molar-refractivity contribution in [1.29, 1.82) is 0 Å². The van der Waals surface area contributed by atoms with Crippen molar-refractivity contribution < 1.29 is 28.2 Å². The van der Waals surface area contributed by atoms with Gasteiger partial charge in [-0.2, -0.15) is 0 Å². The van der Waals surface area contributed by atoms with Crippen LogP contribution in [0, 0.1) is 0 Å². The summed E-state index contributed by atoms with van der Waals surface area (Å²) in [5.41, 5.74) is 2.25. The van der Waals surface area contributed by atoms with Gasteiger partial charge in [-0.05, 0) is 32.0 Å². The van der Waals surface area contributed by atoms with Gasteiger partial charge in [0, 0.05) is 16.5 Å². The maximum atomic E-state index is 12.9. The summed E-state index contributed by atoms with van der Waals surface area (Å²) in [7, 11) is 0. The van der Waals surface area contributed by atoms with Crippen molar-refractivity contribution in [1.82, 2.24) is 0 Å². The Labute approximate surface area is 191 Å². The van der Waals surface area contributed by atoms with Gasteiger partial charge in [0.25, 0.3) is 0 Å². The van der Waals surface area contributed by atoms with Gasteiger partial charge in [0.2, 0.25) is 6.10 Å². The number of hydrogen-bond donors (Lipinski definition) is 0. The number of carbonyl (C=O) groups is 2. The number of hydrogen-bond acceptors (Lipinski definition) is 6. The van der Waals surface area contributed by atoms with Gasteiger partial charge in [0.05, 0.1) is 13.2 Å². The van der Waals surface area contributed by atoms with Crippen LogP contribution in [-0.4, -0.2) is 25.2 Å². The summed E-state index contributed by atoms with van der Waals surface area (Å²) in [5, 5.41) is 0.542. The number of esters is 2. The first-order valence-corrected chi connectivity index (χ1v) is 10.8. The minimum Gasteiger partial charge on any atom is -0.474 e. The predicted octanol–water partition coefficient (Wildman–Crippen LogP) is 5.96. The Morgan fingerprint density at radius 3 is 2.18 bits per heavy atom. The fraction of sp³-hybridized carbons (Fsp3) is 0.185. The van der Waals surface area contributed by atoms with Crippen LogP contribution in [0.25, 0.3) is 22.3 Å². The van der Waals surface area contributed by atoms with Crippen molar-refractivity contribution in [2.24, 2.45) is 0 Å². The molecule has 0 fully saturated rings. The predicted molar refractivity (Wildman–Crippen MR) is 124 cm³/mol. The second kappa shape index (κ2) is 10.0. The lowest BCUT2D eigenvalue weighted by Crippen LogP contribution is -2.21. The Morgan fingerprint density at radius 2 is 1.52 bits per heavy atom. The molecule has 168 valence electrons. The van der Waals surface area contributed by atoms with Crippen LogP contribution >= 0.6 is 0 Å². The van der Waals surface area contributed by atoms with E-state index in [2.05, 4.69) is 0 Å². The first-order chi connectivity index (χ1) is 16.1. The molecule has 0 saturated carbocycles. The molecule has 0 N–H and O–H groups in total. The van der Waals surface area contributed by atoms with E-state index in [1.165, 1.54) is 0 Å². The summed E-state index contributed by atoms with van der Waals surface area (Å²) in [6.07, 6.45) is -0.949. The fourth-order valence-corrected chi connectivity index (χ4v) is 3.58. The first kappa shape index (κ1) is 22.1. The largest absolute Gasteiger partial charge is 0.474 e. The number of rotatable bonds is 8. The van der Waals surface area contributed by atoms with Gasteiger partial charge < -0.3 is 18.6 Å². The molecule has 0 bridgehead atoms. The lowest BCUT2D eigenvalue weighted by Gasteiger charge is -2.18. The number of carbonyl (C=O) groups excluding carboxylic acids is 2. The molecule has 0 saturated heterocycles. The summed E-state index contributed by atoms with van der Waals surface area (Å²) >= 11 is 0. The van der Waals surface area contributed by atoms with Crippen LogP contribution in [0.1, 0.15) is 35.9 Å².